The maximum atomic E-state index is 13.5. The molecule has 0 spiro atoms. The van der Waals surface area contributed by atoms with Crippen LogP contribution in [0.5, 0.6) is 0 Å². The van der Waals surface area contributed by atoms with Crippen molar-refractivity contribution in [1.29, 1.82) is 0 Å². The van der Waals surface area contributed by atoms with E-state index >= 15 is 0 Å². The van der Waals surface area contributed by atoms with Crippen molar-refractivity contribution in [2.24, 2.45) is 0 Å². The van der Waals surface area contributed by atoms with Crippen LogP contribution < -0.4 is 5.32 Å². The Kier molecular flexibility index (Phi) is 51.8. The van der Waals surface area contributed by atoms with Gasteiger partial charge in [0, 0.05) is 12.8 Å². The topological polar surface area (TPSA) is 111 Å². The molecule has 0 rings (SSSR count). The Morgan fingerprint density at radius 3 is 1.18 bits per heavy atom. The van der Waals surface area contributed by atoms with Gasteiger partial charge in [0.1, 0.15) is 19.3 Å². The lowest BCUT2D eigenvalue weighted by atomic mass is 10.0. The van der Waals surface area contributed by atoms with Gasteiger partial charge in [-0.2, -0.15) is 0 Å². The van der Waals surface area contributed by atoms with Gasteiger partial charge in [-0.3, -0.25) is 18.6 Å². The zero-order chi connectivity index (χ0) is 52.9. The number of nitrogens with one attached hydrogen (secondary N) is 1. The smallest absolute Gasteiger partial charge is 0.456 e. The summed E-state index contributed by atoms with van der Waals surface area (Å²) in [6.07, 6.45) is 61.7. The predicted octanol–water partition coefficient (Wildman–Crippen LogP) is 18.9. The van der Waals surface area contributed by atoms with Gasteiger partial charge < -0.3 is 19.4 Å². The molecule has 0 aromatic carbocycles. The number of nitrogens with zero attached hydrogens (tertiary/aromatic N) is 1. The van der Waals surface area contributed by atoms with Gasteiger partial charge in [0.25, 0.3) is 0 Å². The lowest BCUT2D eigenvalue weighted by Gasteiger charge is -2.27. The Labute approximate surface area is 447 Å². The number of ether oxygens (including phenoxy) is 1. The zero-order valence-corrected chi connectivity index (χ0v) is 49.6. The second kappa shape index (κ2) is 52.9. The third-order valence-electron chi connectivity index (χ3n) is 14.1. The van der Waals surface area contributed by atoms with E-state index in [2.05, 4.69) is 38.2 Å². The maximum absolute atomic E-state index is 13.5. The number of hydrogen-bond acceptors (Lipinski definition) is 6. The van der Waals surface area contributed by atoms with Crippen LogP contribution >= 0.6 is 7.82 Å². The van der Waals surface area contributed by atoms with Crippen LogP contribution in [0.4, 0.5) is 0 Å². The van der Waals surface area contributed by atoms with Gasteiger partial charge in [-0.15, -0.1) is 0 Å². The van der Waals surface area contributed by atoms with E-state index in [1.165, 1.54) is 218 Å². The first-order valence-corrected chi connectivity index (χ1v) is 32.7. The highest BCUT2D eigenvalue weighted by Crippen LogP contribution is 2.43. The van der Waals surface area contributed by atoms with E-state index in [9.17, 15) is 19.0 Å². The summed E-state index contributed by atoms with van der Waals surface area (Å²) in [4.78, 5) is 37.7. The number of quaternary nitrogens is 1. The van der Waals surface area contributed by atoms with E-state index in [1.807, 2.05) is 33.3 Å². The molecule has 0 heterocycles. The number of carbonyl (C=O) groups excluding carboxylic acids is 2. The summed E-state index contributed by atoms with van der Waals surface area (Å²) >= 11 is 0. The van der Waals surface area contributed by atoms with Crippen molar-refractivity contribution in [1.82, 2.24) is 5.32 Å². The SMILES string of the molecule is CCCCCCCC/C=C/CCCCCCCCCCCC(=O)NC(COP(=O)(O)OCC[N+](C)(C)C)C(/C=C/CCCCCCCCCCCC)OC(=O)CCCCCCCCCCCCCCCCC. The first-order chi connectivity index (χ1) is 34.9. The fraction of sp³-hybridized carbons (Fsp3) is 0.903. The average molecular weight is 1040 g/mol. The van der Waals surface area contributed by atoms with Gasteiger partial charge >= 0.3 is 13.8 Å². The van der Waals surface area contributed by atoms with Crippen molar-refractivity contribution in [2.75, 3.05) is 40.9 Å². The minimum absolute atomic E-state index is 0.0434. The molecule has 0 aromatic rings. The molecular formula is C62H122N2O7P+. The van der Waals surface area contributed by atoms with Crippen molar-refractivity contribution >= 4 is 19.7 Å². The Morgan fingerprint density at radius 2 is 0.806 bits per heavy atom. The quantitative estimate of drug-likeness (QED) is 0.0205. The van der Waals surface area contributed by atoms with Crippen LogP contribution in [0.25, 0.3) is 0 Å². The summed E-state index contributed by atoms with van der Waals surface area (Å²) in [6, 6.07) is -0.843. The monoisotopic (exact) mass is 1040 g/mol. The molecule has 0 radical (unpaired) electrons. The number of hydrogen-bond donors (Lipinski definition) is 2. The number of amides is 1. The number of unbranched alkanes of at least 4 members (excludes halogenated alkanes) is 39. The number of esters is 1. The summed E-state index contributed by atoms with van der Waals surface area (Å²) in [5, 5.41) is 3.06. The molecule has 3 atom stereocenters. The predicted molar refractivity (Wildman–Crippen MR) is 310 cm³/mol. The molecule has 1 amide bonds. The van der Waals surface area contributed by atoms with Crippen molar-refractivity contribution in [3.63, 3.8) is 0 Å². The van der Waals surface area contributed by atoms with E-state index in [0.717, 1.165) is 57.8 Å². The first kappa shape index (κ1) is 70.5. The molecular weight excluding hydrogens is 916 g/mol. The molecule has 0 saturated carbocycles. The van der Waals surface area contributed by atoms with Crippen LogP contribution in [0, 0.1) is 0 Å². The van der Waals surface area contributed by atoms with E-state index in [-0.39, 0.29) is 25.1 Å². The third-order valence-corrected chi connectivity index (χ3v) is 15.1. The summed E-state index contributed by atoms with van der Waals surface area (Å²) in [6.45, 7) is 7.05. The highest BCUT2D eigenvalue weighted by atomic mass is 31.2. The van der Waals surface area contributed by atoms with Gasteiger partial charge in [0.2, 0.25) is 5.91 Å². The molecule has 0 aliphatic heterocycles. The van der Waals surface area contributed by atoms with Crippen LogP contribution in [0.3, 0.4) is 0 Å². The zero-order valence-electron chi connectivity index (χ0n) is 48.7. The van der Waals surface area contributed by atoms with Crippen molar-refractivity contribution in [3.8, 4) is 0 Å². The van der Waals surface area contributed by atoms with E-state index in [0.29, 0.717) is 23.9 Å². The number of phosphoric ester groups is 1. The highest BCUT2D eigenvalue weighted by Gasteiger charge is 2.30. The fourth-order valence-corrected chi connectivity index (χ4v) is 10.0. The second-order valence-corrected chi connectivity index (χ2v) is 24.0. The Morgan fingerprint density at radius 1 is 0.472 bits per heavy atom. The van der Waals surface area contributed by atoms with Crippen LogP contribution in [-0.2, 0) is 27.9 Å². The largest absolute Gasteiger partial charge is 0.472 e. The normalized spacial score (nSPS) is 13.8. The molecule has 2 N–H and O–H groups in total. The molecule has 72 heavy (non-hydrogen) atoms. The molecule has 0 saturated heterocycles. The van der Waals surface area contributed by atoms with Crippen molar-refractivity contribution < 1.29 is 37.3 Å². The van der Waals surface area contributed by atoms with Crippen molar-refractivity contribution in [3.05, 3.63) is 24.3 Å². The molecule has 3 unspecified atom stereocenters. The van der Waals surface area contributed by atoms with Gasteiger partial charge in [-0.05, 0) is 57.4 Å². The second-order valence-electron chi connectivity index (χ2n) is 22.6. The summed E-state index contributed by atoms with van der Waals surface area (Å²) in [5.74, 6) is -0.491. The molecule has 0 aromatic heterocycles. The van der Waals surface area contributed by atoms with Gasteiger partial charge in [-0.1, -0.05) is 264 Å². The Hall–Kier alpha value is -1.51. The van der Waals surface area contributed by atoms with Gasteiger partial charge in [0.05, 0.1) is 33.8 Å². The summed E-state index contributed by atoms with van der Waals surface area (Å²) < 4.78 is 30.7. The Bertz CT molecular complexity index is 1290. The van der Waals surface area contributed by atoms with E-state index in [1.54, 1.807) is 0 Å². The molecule has 0 aliphatic carbocycles. The highest BCUT2D eigenvalue weighted by molar-refractivity contribution is 7.47. The number of allylic oxidation sites excluding steroid dienone is 3. The molecule has 0 aliphatic rings. The van der Waals surface area contributed by atoms with Crippen LogP contribution in [0.2, 0.25) is 0 Å². The maximum Gasteiger partial charge on any atom is 0.472 e. The molecule has 9 nitrogen and oxygen atoms in total. The minimum atomic E-state index is -4.44. The third kappa shape index (κ3) is 53.3. The molecule has 0 bridgehead atoms. The fourth-order valence-electron chi connectivity index (χ4n) is 9.29. The lowest BCUT2D eigenvalue weighted by Crippen LogP contribution is -2.47. The first-order valence-electron chi connectivity index (χ1n) is 31.2. The number of carbonyl (C=O) groups is 2. The van der Waals surface area contributed by atoms with Crippen LogP contribution in [0.15, 0.2) is 24.3 Å². The number of likely N-dealkylation sites (N-methyl/N-ethyl adjacent to an activating group) is 1. The molecule has 0 fully saturated rings. The number of rotatable bonds is 57. The van der Waals surface area contributed by atoms with Gasteiger partial charge in [-0.25, -0.2) is 4.57 Å². The minimum Gasteiger partial charge on any atom is -0.456 e. The standard InChI is InChI=1S/C62H121N2O7P/c1-7-10-13-16-19-22-25-28-30-31-32-33-35-36-39-42-45-48-51-54-61(65)63-59(58-70-72(67,68)69-57-56-64(4,5)6)60(53-50-47-44-41-38-27-24-21-18-15-12-9-3)71-62(66)55-52-49-46-43-40-37-34-29-26-23-20-17-14-11-8-2/h28,30,50,53,59-60H,7-27,29,31-49,51-52,54-58H2,1-6H3,(H-,63,65,67,68)/p+1/b30-28+,53-50+. The van der Waals surface area contributed by atoms with Crippen LogP contribution in [-0.4, -0.2) is 74.3 Å². The van der Waals surface area contributed by atoms with Gasteiger partial charge in [0.15, 0.2) is 0 Å². The average Bonchev–Trinajstić information content (AvgIpc) is 3.34. The lowest BCUT2D eigenvalue weighted by molar-refractivity contribution is -0.870. The number of phosphoric acid groups is 1. The molecule has 426 valence electrons. The van der Waals surface area contributed by atoms with Crippen LogP contribution in [0.1, 0.15) is 310 Å². The summed E-state index contributed by atoms with van der Waals surface area (Å²) in [7, 11) is 1.51. The summed E-state index contributed by atoms with van der Waals surface area (Å²) in [5.41, 5.74) is 0. The molecule has 10 heteroatoms. The van der Waals surface area contributed by atoms with Crippen molar-refractivity contribution in [2.45, 2.75) is 322 Å². The van der Waals surface area contributed by atoms with E-state index < -0.39 is 20.0 Å². The van der Waals surface area contributed by atoms with E-state index in [4.69, 9.17) is 13.8 Å². The Balaban J connectivity index is 5.22.